The standard InChI is InChI=1S/C15H17ClN2O/c1-18(14-5-3-4-6-15(14)19-2)10-11-7-8-12(16)9-13(11)17/h3-9H,10,17H2,1-2H3. The summed E-state index contributed by atoms with van der Waals surface area (Å²) in [5.41, 5.74) is 8.75. The van der Waals surface area contributed by atoms with Crippen LogP contribution in [0.5, 0.6) is 5.75 Å². The molecule has 19 heavy (non-hydrogen) atoms. The quantitative estimate of drug-likeness (QED) is 0.868. The molecule has 0 saturated heterocycles. The largest absolute Gasteiger partial charge is 0.495 e. The SMILES string of the molecule is COc1ccccc1N(C)Cc1ccc(Cl)cc1N. The van der Waals surface area contributed by atoms with E-state index in [1.165, 1.54) is 0 Å². The zero-order valence-electron chi connectivity index (χ0n) is 11.1. The summed E-state index contributed by atoms with van der Waals surface area (Å²) < 4.78 is 5.36. The molecule has 3 nitrogen and oxygen atoms in total. The number of para-hydroxylation sites is 2. The maximum absolute atomic E-state index is 5.98. The first-order valence-corrected chi connectivity index (χ1v) is 6.37. The molecule has 0 unspecified atom stereocenters. The number of ether oxygens (including phenoxy) is 1. The summed E-state index contributed by atoms with van der Waals surface area (Å²) in [5, 5.41) is 0.654. The lowest BCUT2D eigenvalue weighted by Gasteiger charge is -2.22. The summed E-state index contributed by atoms with van der Waals surface area (Å²) in [5.74, 6) is 0.845. The first kappa shape index (κ1) is 13.6. The highest BCUT2D eigenvalue weighted by Crippen LogP contribution is 2.29. The maximum atomic E-state index is 5.98. The number of nitrogen functional groups attached to an aromatic ring is 1. The Hall–Kier alpha value is -1.87. The summed E-state index contributed by atoms with van der Waals surface area (Å²) in [6.45, 7) is 0.698. The van der Waals surface area contributed by atoms with E-state index in [-0.39, 0.29) is 0 Å². The van der Waals surface area contributed by atoms with E-state index in [2.05, 4.69) is 4.90 Å². The van der Waals surface area contributed by atoms with Crippen LogP contribution in [0.2, 0.25) is 5.02 Å². The van der Waals surface area contributed by atoms with Crippen LogP contribution in [-0.4, -0.2) is 14.2 Å². The van der Waals surface area contributed by atoms with Crippen LogP contribution in [-0.2, 0) is 6.54 Å². The van der Waals surface area contributed by atoms with Gasteiger partial charge in [0, 0.05) is 24.3 Å². The van der Waals surface area contributed by atoms with Gasteiger partial charge in [-0.05, 0) is 29.8 Å². The maximum Gasteiger partial charge on any atom is 0.142 e. The Labute approximate surface area is 118 Å². The third-order valence-corrected chi connectivity index (χ3v) is 3.25. The zero-order valence-corrected chi connectivity index (χ0v) is 11.8. The zero-order chi connectivity index (χ0) is 13.8. The number of methoxy groups -OCH3 is 1. The molecule has 0 amide bonds. The minimum absolute atomic E-state index is 0.654. The topological polar surface area (TPSA) is 38.5 Å². The number of nitrogens with zero attached hydrogens (tertiary/aromatic N) is 1. The minimum Gasteiger partial charge on any atom is -0.495 e. The highest BCUT2D eigenvalue weighted by molar-refractivity contribution is 6.30. The Kier molecular flexibility index (Phi) is 4.17. The molecule has 2 rings (SSSR count). The molecular formula is C15H17ClN2O. The van der Waals surface area contributed by atoms with Crippen LogP contribution in [0.1, 0.15) is 5.56 Å². The van der Waals surface area contributed by atoms with Crippen molar-refractivity contribution in [3.63, 3.8) is 0 Å². The van der Waals surface area contributed by atoms with E-state index in [4.69, 9.17) is 22.1 Å². The van der Waals surface area contributed by atoms with Gasteiger partial charge in [-0.15, -0.1) is 0 Å². The Bertz CT molecular complexity index is 572. The molecule has 0 fully saturated rings. The van der Waals surface area contributed by atoms with Gasteiger partial charge in [0.05, 0.1) is 12.8 Å². The highest BCUT2D eigenvalue weighted by Gasteiger charge is 2.09. The second kappa shape index (κ2) is 5.85. The molecule has 100 valence electrons. The third kappa shape index (κ3) is 3.12. The van der Waals surface area contributed by atoms with Gasteiger partial charge in [-0.3, -0.25) is 0 Å². The van der Waals surface area contributed by atoms with Crippen molar-refractivity contribution in [3.05, 3.63) is 53.1 Å². The molecule has 0 bridgehead atoms. The molecule has 0 aliphatic carbocycles. The second-order valence-electron chi connectivity index (χ2n) is 4.37. The molecule has 0 aliphatic rings. The lowest BCUT2D eigenvalue weighted by atomic mass is 10.1. The Morgan fingerprint density at radius 1 is 1.21 bits per heavy atom. The number of rotatable bonds is 4. The van der Waals surface area contributed by atoms with Gasteiger partial charge < -0.3 is 15.4 Å². The summed E-state index contributed by atoms with van der Waals surface area (Å²) in [6.07, 6.45) is 0. The fourth-order valence-electron chi connectivity index (χ4n) is 2.00. The number of hydrogen-bond acceptors (Lipinski definition) is 3. The number of benzene rings is 2. The van der Waals surface area contributed by atoms with Crippen LogP contribution in [0.15, 0.2) is 42.5 Å². The molecule has 0 radical (unpaired) electrons. The summed E-state index contributed by atoms with van der Waals surface area (Å²) in [4.78, 5) is 2.10. The molecular weight excluding hydrogens is 260 g/mol. The molecule has 2 aromatic rings. The molecule has 0 aliphatic heterocycles. The van der Waals surface area contributed by atoms with Crippen molar-refractivity contribution < 1.29 is 4.74 Å². The number of hydrogen-bond donors (Lipinski definition) is 1. The predicted molar refractivity (Wildman–Crippen MR) is 81.0 cm³/mol. The monoisotopic (exact) mass is 276 g/mol. The smallest absolute Gasteiger partial charge is 0.142 e. The average Bonchev–Trinajstić information content (AvgIpc) is 2.41. The van der Waals surface area contributed by atoms with Crippen molar-refractivity contribution >= 4 is 23.0 Å². The van der Waals surface area contributed by atoms with E-state index in [0.717, 1.165) is 17.0 Å². The molecule has 0 heterocycles. The first-order chi connectivity index (χ1) is 9.11. The van der Waals surface area contributed by atoms with Crippen LogP contribution in [0.4, 0.5) is 11.4 Å². The molecule has 0 aromatic heterocycles. The van der Waals surface area contributed by atoms with Gasteiger partial charge in [0.25, 0.3) is 0 Å². The van der Waals surface area contributed by atoms with Gasteiger partial charge in [0.1, 0.15) is 5.75 Å². The highest BCUT2D eigenvalue weighted by atomic mass is 35.5. The number of halogens is 1. The normalized spacial score (nSPS) is 10.3. The fraction of sp³-hybridized carbons (Fsp3) is 0.200. The van der Waals surface area contributed by atoms with Gasteiger partial charge >= 0.3 is 0 Å². The van der Waals surface area contributed by atoms with Crippen LogP contribution < -0.4 is 15.4 Å². The molecule has 0 atom stereocenters. The Morgan fingerprint density at radius 3 is 2.63 bits per heavy atom. The molecule has 2 N–H and O–H groups in total. The number of anilines is 2. The lowest BCUT2D eigenvalue weighted by molar-refractivity contribution is 0.415. The second-order valence-corrected chi connectivity index (χ2v) is 4.81. The van der Waals surface area contributed by atoms with E-state index < -0.39 is 0 Å². The predicted octanol–water partition coefficient (Wildman–Crippen LogP) is 3.57. The summed E-state index contributed by atoms with van der Waals surface area (Å²) >= 11 is 5.90. The van der Waals surface area contributed by atoms with Crippen molar-refractivity contribution in [2.75, 3.05) is 24.8 Å². The van der Waals surface area contributed by atoms with E-state index in [9.17, 15) is 0 Å². The van der Waals surface area contributed by atoms with E-state index in [1.807, 2.05) is 43.4 Å². The van der Waals surface area contributed by atoms with Crippen LogP contribution >= 0.6 is 11.6 Å². The van der Waals surface area contributed by atoms with Gasteiger partial charge in [0.2, 0.25) is 0 Å². The van der Waals surface area contributed by atoms with Crippen molar-refractivity contribution in [1.29, 1.82) is 0 Å². The van der Waals surface area contributed by atoms with Gasteiger partial charge in [-0.25, -0.2) is 0 Å². The third-order valence-electron chi connectivity index (χ3n) is 3.01. The van der Waals surface area contributed by atoms with Crippen LogP contribution in [0.3, 0.4) is 0 Å². The summed E-state index contributed by atoms with van der Waals surface area (Å²) in [7, 11) is 3.68. The molecule has 2 aromatic carbocycles. The van der Waals surface area contributed by atoms with Crippen molar-refractivity contribution in [2.45, 2.75) is 6.54 Å². The van der Waals surface area contributed by atoms with Gasteiger partial charge in [-0.1, -0.05) is 29.8 Å². The minimum atomic E-state index is 0.654. The van der Waals surface area contributed by atoms with Crippen molar-refractivity contribution in [2.24, 2.45) is 0 Å². The van der Waals surface area contributed by atoms with Crippen LogP contribution in [0.25, 0.3) is 0 Å². The Balaban J connectivity index is 2.23. The van der Waals surface area contributed by atoms with Crippen LogP contribution in [0, 0.1) is 0 Å². The molecule has 0 spiro atoms. The van der Waals surface area contributed by atoms with E-state index in [1.54, 1.807) is 13.2 Å². The average molecular weight is 277 g/mol. The van der Waals surface area contributed by atoms with Crippen molar-refractivity contribution in [3.8, 4) is 5.75 Å². The van der Waals surface area contributed by atoms with E-state index >= 15 is 0 Å². The number of nitrogens with two attached hydrogens (primary N) is 1. The van der Waals surface area contributed by atoms with Gasteiger partial charge in [0.15, 0.2) is 0 Å². The summed E-state index contributed by atoms with van der Waals surface area (Å²) in [6, 6.07) is 13.5. The van der Waals surface area contributed by atoms with E-state index in [0.29, 0.717) is 17.3 Å². The lowest BCUT2D eigenvalue weighted by Crippen LogP contribution is -2.18. The Morgan fingerprint density at radius 2 is 1.95 bits per heavy atom. The van der Waals surface area contributed by atoms with Gasteiger partial charge in [-0.2, -0.15) is 0 Å². The molecule has 4 heteroatoms. The molecule has 0 saturated carbocycles. The first-order valence-electron chi connectivity index (χ1n) is 6.00. The fourth-order valence-corrected chi connectivity index (χ4v) is 2.18. The van der Waals surface area contributed by atoms with Crippen molar-refractivity contribution in [1.82, 2.24) is 0 Å².